The van der Waals surface area contributed by atoms with Crippen LogP contribution in [0.3, 0.4) is 0 Å². The molecule has 3 aliphatic rings. The van der Waals surface area contributed by atoms with Gasteiger partial charge in [0, 0.05) is 12.1 Å². The first kappa shape index (κ1) is 15.6. The van der Waals surface area contributed by atoms with E-state index in [1.54, 1.807) is 4.90 Å². The van der Waals surface area contributed by atoms with Crippen LogP contribution in [0.4, 0.5) is 25.0 Å². The monoisotopic (exact) mass is 340 g/mol. The van der Waals surface area contributed by atoms with Crippen LogP contribution in [-0.4, -0.2) is 55.8 Å². The number of aliphatic hydroxyl groups is 1. The van der Waals surface area contributed by atoms with Gasteiger partial charge in [0.25, 0.3) is 0 Å². The Morgan fingerprint density at radius 3 is 2.33 bits per heavy atom. The molecule has 1 aromatic rings. The van der Waals surface area contributed by atoms with Crippen molar-refractivity contribution in [2.75, 3.05) is 36.2 Å². The fraction of sp³-hybridized carbons (Fsp3) is 0.562. The van der Waals surface area contributed by atoms with Crippen LogP contribution in [0.15, 0.2) is 12.1 Å². The average molecular weight is 340 g/mol. The van der Waals surface area contributed by atoms with Crippen molar-refractivity contribution in [3.05, 3.63) is 23.8 Å². The molecule has 3 atom stereocenters. The number of hydrogen-bond acceptors (Lipinski definition) is 5. The van der Waals surface area contributed by atoms with Gasteiger partial charge in [-0.1, -0.05) is 0 Å². The summed E-state index contributed by atoms with van der Waals surface area (Å²) in [6.07, 6.45) is 0.301. The Morgan fingerprint density at radius 1 is 1.17 bits per heavy atom. The lowest BCUT2D eigenvalue weighted by molar-refractivity contribution is 0.0898. The fourth-order valence-electron chi connectivity index (χ4n) is 3.78. The lowest BCUT2D eigenvalue weighted by atomic mass is 10.1. The zero-order valence-electron chi connectivity index (χ0n) is 13.0. The lowest BCUT2D eigenvalue weighted by Crippen LogP contribution is -2.46. The average Bonchev–Trinajstić information content (AvgIpc) is 3.03. The molecule has 0 aliphatic carbocycles. The second-order valence-corrected chi connectivity index (χ2v) is 6.39. The van der Waals surface area contributed by atoms with Crippen LogP contribution in [0.1, 0.15) is 12.8 Å². The molecule has 4 rings (SSSR count). The van der Waals surface area contributed by atoms with Crippen LogP contribution in [0.25, 0.3) is 0 Å². The van der Waals surface area contributed by atoms with E-state index < -0.39 is 23.8 Å². The van der Waals surface area contributed by atoms with E-state index in [4.69, 9.17) is 14.6 Å². The second kappa shape index (κ2) is 5.86. The van der Waals surface area contributed by atoms with Crippen LogP contribution in [0, 0.1) is 11.6 Å². The number of hydrogen-bond donors (Lipinski definition) is 1. The predicted molar refractivity (Wildman–Crippen MR) is 81.2 cm³/mol. The van der Waals surface area contributed by atoms with Gasteiger partial charge in [0.2, 0.25) is 0 Å². The highest BCUT2D eigenvalue weighted by Gasteiger charge is 2.40. The molecule has 1 N–H and O–H groups in total. The van der Waals surface area contributed by atoms with E-state index in [1.807, 2.05) is 0 Å². The number of nitrogens with zero attached hydrogens (tertiary/aromatic N) is 2. The number of rotatable bonds is 3. The number of carbonyl (C=O) groups excluding carboxylic acids is 1. The van der Waals surface area contributed by atoms with E-state index in [0.29, 0.717) is 13.2 Å². The molecule has 3 saturated heterocycles. The van der Waals surface area contributed by atoms with Gasteiger partial charge >= 0.3 is 6.09 Å². The molecule has 6 nitrogen and oxygen atoms in total. The van der Waals surface area contributed by atoms with Gasteiger partial charge in [-0.25, -0.2) is 13.6 Å². The molecule has 1 amide bonds. The number of anilines is 2. The molecule has 8 heteroatoms. The van der Waals surface area contributed by atoms with Crippen LogP contribution in [0.5, 0.6) is 0 Å². The van der Waals surface area contributed by atoms with Gasteiger partial charge in [-0.3, -0.25) is 4.90 Å². The third-order valence-electron chi connectivity index (χ3n) is 4.89. The summed E-state index contributed by atoms with van der Waals surface area (Å²) in [7, 11) is 0. The van der Waals surface area contributed by atoms with Crippen molar-refractivity contribution in [3.8, 4) is 0 Å². The number of aliphatic hydroxyl groups excluding tert-OH is 1. The molecule has 130 valence electrons. The smallest absolute Gasteiger partial charge is 0.414 e. The number of carbonyl (C=O) groups is 1. The van der Waals surface area contributed by atoms with E-state index >= 15 is 0 Å². The molecule has 0 saturated carbocycles. The SMILES string of the molecule is O=C1O[C@@H](CO)CN1c1cc(F)c(N2C3CCC2COC3)c(F)c1. The Labute approximate surface area is 137 Å². The van der Waals surface area contributed by atoms with E-state index in [0.717, 1.165) is 29.9 Å². The minimum atomic E-state index is -0.716. The van der Waals surface area contributed by atoms with Crippen LogP contribution in [-0.2, 0) is 9.47 Å². The summed E-state index contributed by atoms with van der Waals surface area (Å²) in [5.41, 5.74) is 0.0381. The van der Waals surface area contributed by atoms with E-state index in [9.17, 15) is 13.6 Å². The molecule has 0 spiro atoms. The fourth-order valence-corrected chi connectivity index (χ4v) is 3.78. The van der Waals surface area contributed by atoms with Crippen LogP contribution >= 0.6 is 0 Å². The Morgan fingerprint density at radius 2 is 1.79 bits per heavy atom. The molecule has 3 fully saturated rings. The number of fused-ring (bicyclic) bond motifs is 2. The summed E-state index contributed by atoms with van der Waals surface area (Å²) in [6, 6.07) is 2.26. The molecular formula is C16H18F2N2O4. The summed E-state index contributed by atoms with van der Waals surface area (Å²) in [4.78, 5) is 14.7. The van der Waals surface area contributed by atoms with E-state index in [2.05, 4.69) is 0 Å². The van der Waals surface area contributed by atoms with Crippen molar-refractivity contribution in [3.63, 3.8) is 0 Å². The molecule has 2 unspecified atom stereocenters. The third kappa shape index (κ3) is 2.41. The van der Waals surface area contributed by atoms with Gasteiger partial charge in [0.1, 0.15) is 11.8 Å². The maximum atomic E-state index is 14.7. The third-order valence-corrected chi connectivity index (χ3v) is 4.89. The first-order valence-corrected chi connectivity index (χ1v) is 8.02. The summed E-state index contributed by atoms with van der Waals surface area (Å²) in [5, 5.41) is 9.07. The Hall–Kier alpha value is -1.93. The van der Waals surface area contributed by atoms with Crippen molar-refractivity contribution >= 4 is 17.5 Å². The van der Waals surface area contributed by atoms with Gasteiger partial charge in [0.15, 0.2) is 11.6 Å². The molecule has 2 bridgehead atoms. The normalized spacial score (nSPS) is 29.3. The Bertz CT molecular complexity index is 632. The molecule has 3 heterocycles. The van der Waals surface area contributed by atoms with Gasteiger partial charge in [-0.2, -0.15) is 0 Å². The summed E-state index contributed by atoms with van der Waals surface area (Å²) in [6.45, 7) is 0.667. The van der Waals surface area contributed by atoms with Crippen molar-refractivity contribution in [1.29, 1.82) is 0 Å². The number of halogens is 2. The minimum Gasteiger partial charge on any atom is -0.441 e. The van der Waals surface area contributed by atoms with Gasteiger partial charge in [-0.05, 0) is 12.8 Å². The molecular weight excluding hydrogens is 322 g/mol. The predicted octanol–water partition coefficient (Wildman–Crippen LogP) is 1.65. The molecule has 1 aromatic carbocycles. The highest BCUT2D eigenvalue weighted by molar-refractivity contribution is 5.90. The largest absolute Gasteiger partial charge is 0.441 e. The maximum Gasteiger partial charge on any atom is 0.414 e. The molecule has 24 heavy (non-hydrogen) atoms. The Kier molecular flexibility index (Phi) is 3.80. The highest BCUT2D eigenvalue weighted by atomic mass is 19.1. The zero-order valence-corrected chi connectivity index (χ0v) is 13.0. The summed E-state index contributed by atoms with van der Waals surface area (Å²) in [5.74, 6) is -1.41. The first-order valence-electron chi connectivity index (χ1n) is 8.02. The highest BCUT2D eigenvalue weighted by Crippen LogP contribution is 2.39. The first-order chi connectivity index (χ1) is 11.6. The quantitative estimate of drug-likeness (QED) is 0.907. The van der Waals surface area contributed by atoms with Crippen molar-refractivity contribution in [1.82, 2.24) is 0 Å². The number of amides is 1. The molecule has 0 aromatic heterocycles. The number of morpholine rings is 1. The maximum absolute atomic E-state index is 14.7. The standard InChI is InChI=1S/C16H18F2N2O4/c17-13-3-11(19-5-12(6-21)24-16(19)22)4-14(18)15(13)20-9-1-2-10(20)8-23-7-9/h3-4,9-10,12,21H,1-2,5-8H2/t9?,10?,12-/m1/s1. The molecule has 3 aliphatic heterocycles. The van der Waals surface area contributed by atoms with Crippen molar-refractivity contribution < 1.29 is 28.2 Å². The van der Waals surface area contributed by atoms with Crippen molar-refractivity contribution in [2.45, 2.75) is 31.0 Å². The lowest BCUT2D eigenvalue weighted by Gasteiger charge is -2.37. The number of cyclic esters (lactones) is 1. The van der Waals surface area contributed by atoms with Gasteiger partial charge in [-0.15, -0.1) is 0 Å². The summed E-state index contributed by atoms with van der Waals surface area (Å²) >= 11 is 0. The number of ether oxygens (including phenoxy) is 2. The second-order valence-electron chi connectivity index (χ2n) is 6.39. The summed E-state index contributed by atoms with van der Waals surface area (Å²) < 4.78 is 39.7. The number of benzene rings is 1. The minimum absolute atomic E-state index is 0.0193. The van der Waals surface area contributed by atoms with E-state index in [1.165, 1.54) is 0 Å². The zero-order chi connectivity index (χ0) is 16.8. The topological polar surface area (TPSA) is 62.2 Å². The van der Waals surface area contributed by atoms with Crippen LogP contribution in [0.2, 0.25) is 0 Å². The van der Waals surface area contributed by atoms with E-state index in [-0.39, 0.29) is 36.6 Å². The van der Waals surface area contributed by atoms with Crippen molar-refractivity contribution in [2.24, 2.45) is 0 Å². The van der Waals surface area contributed by atoms with Gasteiger partial charge in [0.05, 0.1) is 44.1 Å². The van der Waals surface area contributed by atoms with Crippen LogP contribution < -0.4 is 9.80 Å². The Balaban J connectivity index is 1.66. The molecule has 0 radical (unpaired) electrons. The van der Waals surface area contributed by atoms with Gasteiger partial charge < -0.3 is 19.5 Å².